The molecule has 0 bridgehead atoms. The SMILES string of the molecule is [C-]#[N+]c1ccc(N2C(=O)C(C)(C)N(c3ccc(C(=O)NC)c(F)c3)C2=S)cc1C(C)(F)C(F)(F)F. The minimum atomic E-state index is -5.32. The first kappa shape index (κ1) is 26.0. The van der Waals surface area contributed by atoms with Gasteiger partial charge in [-0.25, -0.2) is 13.6 Å². The highest BCUT2D eigenvalue weighted by Gasteiger charge is 2.55. The molecule has 0 saturated carbocycles. The molecule has 0 spiro atoms. The number of carbonyl (C=O) groups excluding carboxylic acids is 2. The molecule has 2 amide bonds. The Kier molecular flexibility index (Phi) is 6.37. The van der Waals surface area contributed by atoms with E-state index in [4.69, 9.17) is 18.8 Å². The van der Waals surface area contributed by atoms with Crippen molar-refractivity contribution in [2.45, 2.75) is 38.2 Å². The number of carbonyl (C=O) groups is 2. The van der Waals surface area contributed by atoms with Crippen LogP contribution in [0.2, 0.25) is 0 Å². The van der Waals surface area contributed by atoms with E-state index < -0.39 is 46.3 Å². The van der Waals surface area contributed by atoms with Crippen molar-refractivity contribution in [3.63, 3.8) is 0 Å². The van der Waals surface area contributed by atoms with Gasteiger partial charge in [-0.1, -0.05) is 6.07 Å². The molecule has 0 radical (unpaired) electrons. The molecule has 6 nitrogen and oxygen atoms in total. The predicted molar refractivity (Wildman–Crippen MR) is 124 cm³/mol. The second-order valence-electron chi connectivity index (χ2n) is 8.37. The fraction of sp³-hybridized carbons (Fsp3) is 0.304. The number of benzene rings is 2. The smallest absolute Gasteiger partial charge is 0.355 e. The zero-order valence-electron chi connectivity index (χ0n) is 18.9. The number of hydrogen-bond acceptors (Lipinski definition) is 3. The average Bonchev–Trinajstić information content (AvgIpc) is 2.95. The second-order valence-corrected chi connectivity index (χ2v) is 8.74. The Labute approximate surface area is 203 Å². The molecule has 1 saturated heterocycles. The van der Waals surface area contributed by atoms with Gasteiger partial charge in [0.05, 0.1) is 12.1 Å². The lowest BCUT2D eigenvalue weighted by molar-refractivity contribution is -0.228. The van der Waals surface area contributed by atoms with Crippen LogP contribution in [-0.2, 0) is 10.5 Å². The fourth-order valence-electron chi connectivity index (χ4n) is 3.71. The summed E-state index contributed by atoms with van der Waals surface area (Å²) in [5, 5.41) is 2.09. The van der Waals surface area contributed by atoms with Crippen LogP contribution >= 0.6 is 12.2 Å². The second kappa shape index (κ2) is 8.57. The van der Waals surface area contributed by atoms with Crippen molar-refractivity contribution in [1.82, 2.24) is 5.32 Å². The van der Waals surface area contributed by atoms with Crippen molar-refractivity contribution in [1.29, 1.82) is 0 Å². The van der Waals surface area contributed by atoms with Gasteiger partial charge < -0.3 is 10.2 Å². The molecule has 1 aliphatic heterocycles. The van der Waals surface area contributed by atoms with Crippen molar-refractivity contribution >= 4 is 46.2 Å². The summed E-state index contributed by atoms with van der Waals surface area (Å²) in [7, 11) is 1.33. The number of nitrogens with zero attached hydrogens (tertiary/aromatic N) is 3. The monoisotopic (exact) mass is 510 g/mol. The molecule has 1 fully saturated rings. The number of rotatable bonds is 4. The summed E-state index contributed by atoms with van der Waals surface area (Å²) in [5.41, 5.74) is -7.14. The molecular formula is C23H19F5N4O2S. The van der Waals surface area contributed by atoms with Gasteiger partial charge in [0, 0.05) is 24.0 Å². The van der Waals surface area contributed by atoms with E-state index in [0.717, 1.165) is 23.1 Å². The van der Waals surface area contributed by atoms with Crippen molar-refractivity contribution < 1.29 is 31.5 Å². The molecular weight excluding hydrogens is 491 g/mol. The van der Waals surface area contributed by atoms with Crippen molar-refractivity contribution in [3.8, 4) is 0 Å². The Morgan fingerprint density at radius 3 is 2.23 bits per heavy atom. The van der Waals surface area contributed by atoms with E-state index in [1.165, 1.54) is 44.0 Å². The first-order valence-electron chi connectivity index (χ1n) is 10.1. The third-order valence-electron chi connectivity index (χ3n) is 5.75. The van der Waals surface area contributed by atoms with Gasteiger partial charge in [-0.15, -0.1) is 0 Å². The summed E-state index contributed by atoms with van der Waals surface area (Å²) in [5.74, 6) is -2.22. The van der Waals surface area contributed by atoms with E-state index in [9.17, 15) is 31.5 Å². The Bertz CT molecular complexity index is 1280. The molecule has 0 aliphatic carbocycles. The van der Waals surface area contributed by atoms with Gasteiger partial charge in [0.25, 0.3) is 11.8 Å². The van der Waals surface area contributed by atoms with Crippen LogP contribution in [-0.4, -0.2) is 35.7 Å². The van der Waals surface area contributed by atoms with E-state index >= 15 is 0 Å². The van der Waals surface area contributed by atoms with Gasteiger partial charge in [0.2, 0.25) is 5.67 Å². The van der Waals surface area contributed by atoms with Gasteiger partial charge in [-0.05, 0) is 63.3 Å². The Balaban J connectivity index is 2.13. The van der Waals surface area contributed by atoms with Crippen molar-refractivity contribution in [3.05, 3.63) is 64.8 Å². The summed E-state index contributed by atoms with van der Waals surface area (Å²) in [6.45, 7) is 10.4. The Morgan fingerprint density at radius 1 is 1.11 bits per heavy atom. The van der Waals surface area contributed by atoms with Crippen LogP contribution in [0.1, 0.15) is 36.7 Å². The van der Waals surface area contributed by atoms with Crippen LogP contribution < -0.4 is 15.1 Å². The van der Waals surface area contributed by atoms with Crippen LogP contribution in [0.4, 0.5) is 39.0 Å². The third kappa shape index (κ3) is 4.10. The van der Waals surface area contributed by atoms with Gasteiger partial charge in [0.15, 0.2) is 10.8 Å². The van der Waals surface area contributed by atoms with Crippen LogP contribution in [0.3, 0.4) is 0 Å². The molecule has 12 heteroatoms. The molecule has 3 rings (SSSR count). The number of alkyl halides is 4. The number of halogens is 5. The van der Waals surface area contributed by atoms with Gasteiger partial charge in [-0.2, -0.15) is 13.2 Å². The van der Waals surface area contributed by atoms with Crippen LogP contribution in [0.5, 0.6) is 0 Å². The van der Waals surface area contributed by atoms with E-state index in [-0.39, 0.29) is 29.0 Å². The zero-order valence-corrected chi connectivity index (χ0v) is 19.7. The lowest BCUT2D eigenvalue weighted by Gasteiger charge is -2.29. The maximum Gasteiger partial charge on any atom is 0.425 e. The van der Waals surface area contributed by atoms with E-state index in [1.54, 1.807) is 0 Å². The highest BCUT2D eigenvalue weighted by Crippen LogP contribution is 2.47. The van der Waals surface area contributed by atoms with Crippen LogP contribution in [0.15, 0.2) is 36.4 Å². The highest BCUT2D eigenvalue weighted by molar-refractivity contribution is 7.81. The lowest BCUT2D eigenvalue weighted by atomic mass is 9.94. The third-order valence-corrected chi connectivity index (χ3v) is 6.11. The quantitative estimate of drug-likeness (QED) is 0.340. The number of amides is 2. The standard InChI is InChI=1S/C23H19F5N4O2S/c1-21(2)19(34)31(12-7-9-17(29-4)15(10-12)22(3,25)23(26,27)28)20(35)32(21)13-6-8-14(16(24)11-13)18(33)30-5/h6-11H,1-3,5H3,(H,30,33). The van der Waals surface area contributed by atoms with Crippen LogP contribution in [0, 0.1) is 12.4 Å². The molecule has 184 valence electrons. The molecule has 35 heavy (non-hydrogen) atoms. The molecule has 1 aliphatic rings. The summed E-state index contributed by atoms with van der Waals surface area (Å²) in [6.07, 6.45) is -5.32. The summed E-state index contributed by atoms with van der Waals surface area (Å²) in [6, 6.07) is 6.50. The number of nitrogens with one attached hydrogen (secondary N) is 1. The lowest BCUT2D eigenvalue weighted by Crippen LogP contribution is -2.44. The molecule has 0 aromatic heterocycles. The fourth-order valence-corrected chi connectivity index (χ4v) is 4.23. The predicted octanol–water partition coefficient (Wildman–Crippen LogP) is 5.40. The molecule has 1 unspecified atom stereocenters. The Hall–Kier alpha value is -3.59. The summed E-state index contributed by atoms with van der Waals surface area (Å²) in [4.78, 5) is 30.3. The van der Waals surface area contributed by atoms with Gasteiger partial charge >= 0.3 is 6.18 Å². The molecule has 1 heterocycles. The minimum Gasteiger partial charge on any atom is -0.355 e. The van der Waals surface area contributed by atoms with E-state index in [0.29, 0.717) is 0 Å². The summed E-state index contributed by atoms with van der Waals surface area (Å²) < 4.78 is 69.6. The number of thiocarbonyl (C=S) groups is 1. The molecule has 2 aromatic carbocycles. The number of hydrogen-bond donors (Lipinski definition) is 1. The number of anilines is 2. The highest BCUT2D eigenvalue weighted by atomic mass is 32.1. The van der Waals surface area contributed by atoms with Crippen molar-refractivity contribution in [2.24, 2.45) is 0 Å². The summed E-state index contributed by atoms with van der Waals surface area (Å²) >= 11 is 5.43. The van der Waals surface area contributed by atoms with Gasteiger partial charge in [-0.3, -0.25) is 14.5 Å². The van der Waals surface area contributed by atoms with Crippen molar-refractivity contribution in [2.75, 3.05) is 16.8 Å². The maximum absolute atomic E-state index is 14.8. The van der Waals surface area contributed by atoms with Crippen LogP contribution in [0.25, 0.3) is 4.85 Å². The van der Waals surface area contributed by atoms with E-state index in [1.807, 2.05) is 0 Å². The molecule has 1 atom stereocenters. The minimum absolute atomic E-state index is 0.115. The van der Waals surface area contributed by atoms with Gasteiger partial charge in [0.1, 0.15) is 11.4 Å². The normalized spacial score (nSPS) is 17.3. The Morgan fingerprint density at radius 2 is 1.71 bits per heavy atom. The topological polar surface area (TPSA) is 57.0 Å². The van der Waals surface area contributed by atoms with E-state index in [2.05, 4.69) is 10.2 Å². The zero-order chi connectivity index (χ0) is 26.5. The maximum atomic E-state index is 14.8. The molecule has 2 aromatic rings. The molecule has 1 N–H and O–H groups in total. The average molecular weight is 510 g/mol. The largest absolute Gasteiger partial charge is 0.425 e. The first-order chi connectivity index (χ1) is 16.1. The first-order valence-corrected chi connectivity index (χ1v) is 10.5.